The molecule has 1 aliphatic rings. The molecule has 16 heavy (non-hydrogen) atoms. The van der Waals surface area contributed by atoms with Crippen molar-refractivity contribution in [2.45, 2.75) is 6.04 Å². The molecule has 0 spiro atoms. The van der Waals surface area contributed by atoms with E-state index in [9.17, 15) is 9.18 Å². The Morgan fingerprint density at radius 2 is 2.44 bits per heavy atom. The van der Waals surface area contributed by atoms with Crippen molar-refractivity contribution in [1.29, 1.82) is 0 Å². The van der Waals surface area contributed by atoms with Crippen LogP contribution in [0.15, 0.2) is 18.2 Å². The lowest BCUT2D eigenvalue weighted by atomic mass is 10.2. The van der Waals surface area contributed by atoms with Gasteiger partial charge in [-0.15, -0.1) is 11.8 Å². The molecule has 0 bridgehead atoms. The second-order valence-electron chi connectivity index (χ2n) is 3.39. The molecule has 0 aliphatic carbocycles. The van der Waals surface area contributed by atoms with Crippen molar-refractivity contribution in [1.82, 2.24) is 5.32 Å². The third-order valence-electron chi connectivity index (χ3n) is 2.22. The van der Waals surface area contributed by atoms with Gasteiger partial charge in [0.1, 0.15) is 5.82 Å². The van der Waals surface area contributed by atoms with E-state index >= 15 is 0 Å². The maximum absolute atomic E-state index is 12.9. The highest BCUT2D eigenvalue weighted by atomic mass is 35.5. The minimum Gasteiger partial charge on any atom is -0.325 e. The molecule has 1 atom stereocenters. The summed E-state index contributed by atoms with van der Waals surface area (Å²) >= 11 is 7.28. The van der Waals surface area contributed by atoms with Crippen LogP contribution in [-0.2, 0) is 4.79 Å². The number of carbonyl (C=O) groups is 1. The number of benzene rings is 1. The molecule has 1 aromatic carbocycles. The summed E-state index contributed by atoms with van der Waals surface area (Å²) in [6.45, 7) is 0. The molecule has 0 aromatic heterocycles. The van der Waals surface area contributed by atoms with Gasteiger partial charge in [-0.1, -0.05) is 11.6 Å². The van der Waals surface area contributed by atoms with E-state index < -0.39 is 5.82 Å². The molecule has 3 nitrogen and oxygen atoms in total. The molecule has 86 valence electrons. The number of carbonyl (C=O) groups excluding carboxylic acids is 1. The molecule has 0 radical (unpaired) electrons. The van der Waals surface area contributed by atoms with Crippen LogP contribution in [0.5, 0.6) is 0 Å². The molecule has 1 fully saturated rings. The number of hydrogen-bond acceptors (Lipinski definition) is 3. The van der Waals surface area contributed by atoms with Crippen LogP contribution < -0.4 is 10.6 Å². The van der Waals surface area contributed by atoms with Gasteiger partial charge in [0, 0.05) is 17.3 Å². The second-order valence-corrected chi connectivity index (χ2v) is 4.83. The maximum atomic E-state index is 12.9. The summed E-state index contributed by atoms with van der Waals surface area (Å²) in [6.07, 6.45) is 0. The zero-order valence-electron chi connectivity index (χ0n) is 8.30. The number of hydrogen-bond donors (Lipinski definition) is 2. The Bertz CT molecular complexity index is 410. The molecule has 0 saturated carbocycles. The maximum Gasteiger partial charge on any atom is 0.242 e. The average molecular weight is 261 g/mol. The van der Waals surface area contributed by atoms with Crippen LogP contribution in [0.3, 0.4) is 0 Å². The fraction of sp³-hybridized carbons (Fsp3) is 0.300. The minimum absolute atomic E-state index is 0.00607. The zero-order valence-corrected chi connectivity index (χ0v) is 9.87. The predicted octanol–water partition coefficient (Wildman–Crippen LogP) is 2.08. The largest absolute Gasteiger partial charge is 0.325 e. The summed E-state index contributed by atoms with van der Waals surface area (Å²) < 4.78 is 12.9. The summed E-state index contributed by atoms with van der Waals surface area (Å²) in [5.41, 5.74) is 0.509. The summed E-state index contributed by atoms with van der Waals surface area (Å²) in [5.74, 6) is 0.921. The Kier molecular flexibility index (Phi) is 3.68. The number of anilines is 1. The molecule has 6 heteroatoms. The van der Waals surface area contributed by atoms with Crippen molar-refractivity contribution in [2.24, 2.45) is 0 Å². The van der Waals surface area contributed by atoms with E-state index in [4.69, 9.17) is 11.6 Å². The topological polar surface area (TPSA) is 41.1 Å². The Morgan fingerprint density at radius 1 is 1.62 bits per heavy atom. The van der Waals surface area contributed by atoms with Gasteiger partial charge in [-0.25, -0.2) is 4.39 Å². The van der Waals surface area contributed by atoms with Crippen LogP contribution in [0.2, 0.25) is 5.02 Å². The van der Waals surface area contributed by atoms with E-state index in [2.05, 4.69) is 10.6 Å². The van der Waals surface area contributed by atoms with Crippen molar-refractivity contribution in [2.75, 3.05) is 16.9 Å². The fourth-order valence-corrected chi connectivity index (χ4v) is 2.49. The quantitative estimate of drug-likeness (QED) is 0.856. The zero-order chi connectivity index (χ0) is 11.5. The van der Waals surface area contributed by atoms with E-state index in [1.54, 1.807) is 11.8 Å². The third-order valence-corrected chi connectivity index (χ3v) is 3.45. The number of amides is 1. The highest BCUT2D eigenvalue weighted by Gasteiger charge is 2.22. The molecule has 1 unspecified atom stereocenters. The summed E-state index contributed by atoms with van der Waals surface area (Å²) in [6, 6.07) is 3.93. The molecule has 1 amide bonds. The highest BCUT2D eigenvalue weighted by molar-refractivity contribution is 7.99. The summed E-state index contributed by atoms with van der Waals surface area (Å²) in [4.78, 5) is 11.7. The molecule has 1 aliphatic heterocycles. The van der Waals surface area contributed by atoms with Gasteiger partial charge in [0.15, 0.2) is 0 Å². The van der Waals surface area contributed by atoms with Gasteiger partial charge in [0.25, 0.3) is 0 Å². The fourth-order valence-electron chi connectivity index (χ4n) is 1.37. The first-order chi connectivity index (χ1) is 7.66. The van der Waals surface area contributed by atoms with Crippen LogP contribution in [0.4, 0.5) is 10.1 Å². The van der Waals surface area contributed by atoms with Crippen LogP contribution in [0.1, 0.15) is 0 Å². The first kappa shape index (κ1) is 11.7. The summed E-state index contributed by atoms with van der Waals surface area (Å²) in [5, 5.41) is 5.74. The van der Waals surface area contributed by atoms with Gasteiger partial charge in [0.2, 0.25) is 5.91 Å². The number of thioether (sulfide) groups is 1. The van der Waals surface area contributed by atoms with Crippen molar-refractivity contribution in [3.63, 3.8) is 0 Å². The Hall–Kier alpha value is -0.780. The van der Waals surface area contributed by atoms with Gasteiger partial charge in [-0.2, -0.15) is 0 Å². The van der Waals surface area contributed by atoms with Gasteiger partial charge >= 0.3 is 0 Å². The lowest BCUT2D eigenvalue weighted by molar-refractivity contribution is -0.117. The number of rotatable bonds is 2. The Morgan fingerprint density at radius 3 is 3.06 bits per heavy atom. The van der Waals surface area contributed by atoms with E-state index in [-0.39, 0.29) is 17.0 Å². The standard InChI is InChI=1S/C10H10ClFN2OS/c11-7-3-6(1-2-8(7)12)14-10(15)9-4-16-5-13-9/h1-3,9,13H,4-5H2,(H,14,15). The molecular weight excluding hydrogens is 251 g/mol. The first-order valence-electron chi connectivity index (χ1n) is 4.74. The SMILES string of the molecule is O=C(Nc1ccc(F)c(Cl)c1)C1CSCN1. The van der Waals surface area contributed by atoms with Gasteiger partial charge in [-0.3, -0.25) is 10.1 Å². The van der Waals surface area contributed by atoms with Gasteiger partial charge in [-0.05, 0) is 18.2 Å². The van der Waals surface area contributed by atoms with Crippen LogP contribution >= 0.6 is 23.4 Å². The van der Waals surface area contributed by atoms with E-state index in [0.29, 0.717) is 5.69 Å². The molecule has 2 N–H and O–H groups in total. The van der Waals surface area contributed by atoms with E-state index in [1.807, 2.05) is 0 Å². The van der Waals surface area contributed by atoms with Crippen LogP contribution in [-0.4, -0.2) is 23.6 Å². The van der Waals surface area contributed by atoms with Crippen molar-refractivity contribution in [3.05, 3.63) is 29.0 Å². The average Bonchev–Trinajstić information content (AvgIpc) is 2.77. The first-order valence-corrected chi connectivity index (χ1v) is 6.27. The number of nitrogens with one attached hydrogen (secondary N) is 2. The second kappa shape index (κ2) is 5.03. The normalized spacial score (nSPS) is 19.8. The molecule has 2 rings (SSSR count). The summed E-state index contributed by atoms with van der Waals surface area (Å²) in [7, 11) is 0. The van der Waals surface area contributed by atoms with Crippen LogP contribution in [0, 0.1) is 5.82 Å². The molecule has 1 aromatic rings. The molecule has 1 heterocycles. The number of halogens is 2. The van der Waals surface area contributed by atoms with Crippen LogP contribution in [0.25, 0.3) is 0 Å². The monoisotopic (exact) mass is 260 g/mol. The molecular formula is C10H10ClFN2OS. The minimum atomic E-state index is -0.491. The Balaban J connectivity index is 2.02. The van der Waals surface area contributed by atoms with Crippen molar-refractivity contribution in [3.8, 4) is 0 Å². The highest BCUT2D eigenvalue weighted by Crippen LogP contribution is 2.20. The predicted molar refractivity (Wildman–Crippen MR) is 64.3 cm³/mol. The Labute approximate surface area is 102 Å². The van der Waals surface area contributed by atoms with E-state index in [0.717, 1.165) is 11.6 Å². The van der Waals surface area contributed by atoms with Crippen molar-refractivity contribution < 1.29 is 9.18 Å². The van der Waals surface area contributed by atoms with E-state index in [1.165, 1.54) is 18.2 Å². The lowest BCUT2D eigenvalue weighted by Gasteiger charge is -2.10. The van der Waals surface area contributed by atoms with Gasteiger partial charge in [0.05, 0.1) is 11.1 Å². The lowest BCUT2D eigenvalue weighted by Crippen LogP contribution is -2.37. The third kappa shape index (κ3) is 2.66. The van der Waals surface area contributed by atoms with Crippen molar-refractivity contribution >= 4 is 35.0 Å². The smallest absolute Gasteiger partial charge is 0.242 e. The van der Waals surface area contributed by atoms with Gasteiger partial charge < -0.3 is 5.32 Å². The molecule has 1 saturated heterocycles.